The van der Waals surface area contributed by atoms with Crippen LogP contribution in [0.3, 0.4) is 0 Å². The lowest BCUT2D eigenvalue weighted by molar-refractivity contribution is 0.357. The minimum atomic E-state index is 0.607. The number of rotatable bonds is 4. The fraction of sp³-hybridized carbons (Fsp3) is 0.625. The molecule has 4 heteroatoms. The molecule has 0 aliphatic heterocycles. The Balaban J connectivity index is 2.84. The molecule has 0 amide bonds. The van der Waals surface area contributed by atoms with Gasteiger partial charge >= 0.3 is 0 Å². The molecule has 0 aliphatic carbocycles. The van der Waals surface area contributed by atoms with Crippen LogP contribution in [0, 0.1) is 0 Å². The van der Waals surface area contributed by atoms with Crippen molar-refractivity contribution in [2.24, 2.45) is 5.73 Å². The monoisotopic (exact) mass is 169 g/mol. The Hall–Kier alpha value is -1.03. The summed E-state index contributed by atoms with van der Waals surface area (Å²) in [4.78, 5) is 4.25. The van der Waals surface area contributed by atoms with Crippen LogP contribution in [-0.4, -0.2) is 23.2 Å². The van der Waals surface area contributed by atoms with Crippen LogP contribution in [0.2, 0.25) is 0 Å². The van der Waals surface area contributed by atoms with Gasteiger partial charge < -0.3 is 10.5 Å². The largest absolute Gasteiger partial charge is 0.468 e. The summed E-state index contributed by atoms with van der Waals surface area (Å²) in [6.07, 6.45) is 2.90. The number of aromatic nitrogens is 2. The topological polar surface area (TPSA) is 53.1 Å². The molecule has 0 saturated carbocycles. The van der Waals surface area contributed by atoms with Gasteiger partial charge in [0.15, 0.2) is 0 Å². The minimum absolute atomic E-state index is 0.607. The van der Waals surface area contributed by atoms with Crippen molar-refractivity contribution in [3.8, 4) is 6.01 Å². The Kier molecular flexibility index (Phi) is 3.10. The first kappa shape index (κ1) is 9.06. The summed E-state index contributed by atoms with van der Waals surface area (Å²) in [5.41, 5.74) is 6.47. The molecule has 0 unspecified atom stereocenters. The van der Waals surface area contributed by atoms with E-state index in [1.54, 1.807) is 7.11 Å². The third-order valence-corrected chi connectivity index (χ3v) is 1.70. The number of imidazole rings is 1. The maximum Gasteiger partial charge on any atom is 0.296 e. The van der Waals surface area contributed by atoms with Crippen molar-refractivity contribution in [1.29, 1.82) is 0 Å². The van der Waals surface area contributed by atoms with Gasteiger partial charge in [0, 0.05) is 19.3 Å². The van der Waals surface area contributed by atoms with Gasteiger partial charge in [0.05, 0.1) is 12.8 Å². The molecule has 0 aliphatic rings. The highest BCUT2D eigenvalue weighted by atomic mass is 16.5. The van der Waals surface area contributed by atoms with Gasteiger partial charge in [-0.3, -0.25) is 4.57 Å². The Labute approximate surface area is 72.3 Å². The van der Waals surface area contributed by atoms with E-state index < -0.39 is 0 Å². The molecule has 2 N–H and O–H groups in total. The van der Waals surface area contributed by atoms with Crippen LogP contribution in [0.25, 0.3) is 0 Å². The molecule has 0 fully saturated rings. The van der Waals surface area contributed by atoms with Gasteiger partial charge in [-0.05, 0) is 6.42 Å². The summed E-state index contributed by atoms with van der Waals surface area (Å²) in [5, 5.41) is 0. The summed E-state index contributed by atoms with van der Waals surface area (Å²) in [7, 11) is 1.62. The van der Waals surface area contributed by atoms with E-state index in [-0.39, 0.29) is 0 Å². The molecule has 0 atom stereocenters. The molecule has 0 spiro atoms. The van der Waals surface area contributed by atoms with Crippen LogP contribution in [-0.2, 0) is 13.0 Å². The van der Waals surface area contributed by atoms with E-state index in [2.05, 4.69) is 11.9 Å². The van der Waals surface area contributed by atoms with Gasteiger partial charge in [-0.2, -0.15) is 0 Å². The van der Waals surface area contributed by atoms with Gasteiger partial charge in [-0.25, -0.2) is 4.98 Å². The average Bonchev–Trinajstić information content (AvgIpc) is 2.48. The summed E-state index contributed by atoms with van der Waals surface area (Å²) >= 11 is 0. The molecule has 68 valence electrons. The molecule has 0 saturated heterocycles. The van der Waals surface area contributed by atoms with Crippen molar-refractivity contribution in [1.82, 2.24) is 9.55 Å². The Morgan fingerprint density at radius 1 is 1.67 bits per heavy atom. The van der Waals surface area contributed by atoms with Gasteiger partial charge in [0.25, 0.3) is 6.01 Å². The first-order valence-electron chi connectivity index (χ1n) is 4.12. The number of methoxy groups -OCH3 is 1. The van der Waals surface area contributed by atoms with E-state index in [1.807, 2.05) is 10.8 Å². The Bertz CT molecular complexity index is 244. The molecule has 12 heavy (non-hydrogen) atoms. The van der Waals surface area contributed by atoms with E-state index in [9.17, 15) is 0 Å². The lowest BCUT2D eigenvalue weighted by Gasteiger charge is -2.02. The zero-order chi connectivity index (χ0) is 8.97. The van der Waals surface area contributed by atoms with Crippen LogP contribution < -0.4 is 10.5 Å². The van der Waals surface area contributed by atoms with Crippen molar-refractivity contribution in [3.63, 3.8) is 0 Å². The second kappa shape index (κ2) is 4.11. The number of ether oxygens (including phenoxy) is 1. The Morgan fingerprint density at radius 2 is 2.42 bits per heavy atom. The maximum absolute atomic E-state index is 5.43. The molecule has 1 aromatic rings. The van der Waals surface area contributed by atoms with E-state index in [4.69, 9.17) is 10.5 Å². The molecular weight excluding hydrogens is 154 g/mol. The maximum atomic E-state index is 5.43. The standard InChI is InChI=1S/C8H15N3O/c1-3-7-6-11(5-4-9)8(10-7)12-2/h6H,3-5,9H2,1-2H3. The van der Waals surface area contributed by atoms with E-state index in [0.29, 0.717) is 12.6 Å². The van der Waals surface area contributed by atoms with E-state index >= 15 is 0 Å². The third-order valence-electron chi connectivity index (χ3n) is 1.70. The van der Waals surface area contributed by atoms with Crippen molar-refractivity contribution in [2.45, 2.75) is 19.9 Å². The highest BCUT2D eigenvalue weighted by molar-refractivity contribution is 5.08. The number of nitrogens with zero attached hydrogens (tertiary/aromatic N) is 2. The first-order chi connectivity index (χ1) is 5.81. The van der Waals surface area contributed by atoms with Gasteiger partial charge in [-0.1, -0.05) is 6.92 Å². The first-order valence-corrected chi connectivity index (χ1v) is 4.12. The average molecular weight is 169 g/mol. The summed E-state index contributed by atoms with van der Waals surface area (Å²) in [5.74, 6) is 0. The van der Waals surface area contributed by atoms with Crippen LogP contribution in [0.1, 0.15) is 12.6 Å². The van der Waals surface area contributed by atoms with Crippen molar-refractivity contribution in [3.05, 3.63) is 11.9 Å². The highest BCUT2D eigenvalue weighted by Gasteiger charge is 2.04. The third kappa shape index (κ3) is 1.76. The molecule has 4 nitrogen and oxygen atoms in total. The van der Waals surface area contributed by atoms with Crippen LogP contribution in [0.5, 0.6) is 6.01 Å². The van der Waals surface area contributed by atoms with Gasteiger partial charge in [0.2, 0.25) is 0 Å². The fourth-order valence-corrected chi connectivity index (χ4v) is 1.08. The quantitative estimate of drug-likeness (QED) is 0.710. The van der Waals surface area contributed by atoms with E-state index in [1.165, 1.54) is 0 Å². The normalized spacial score (nSPS) is 10.2. The number of hydrogen-bond donors (Lipinski definition) is 1. The number of aryl methyl sites for hydroxylation is 1. The number of nitrogens with two attached hydrogens (primary N) is 1. The fourth-order valence-electron chi connectivity index (χ4n) is 1.08. The van der Waals surface area contributed by atoms with Crippen LogP contribution in [0.4, 0.5) is 0 Å². The van der Waals surface area contributed by atoms with Crippen molar-refractivity contribution >= 4 is 0 Å². The smallest absolute Gasteiger partial charge is 0.296 e. The van der Waals surface area contributed by atoms with Crippen LogP contribution >= 0.6 is 0 Å². The lowest BCUT2D eigenvalue weighted by Crippen LogP contribution is -2.10. The summed E-state index contributed by atoms with van der Waals surface area (Å²) < 4.78 is 7.01. The molecule has 0 bridgehead atoms. The SMILES string of the molecule is CCc1cn(CCN)c(OC)n1. The van der Waals surface area contributed by atoms with Gasteiger partial charge in [-0.15, -0.1) is 0 Å². The summed E-state index contributed by atoms with van der Waals surface area (Å²) in [6, 6.07) is 0.650. The highest BCUT2D eigenvalue weighted by Crippen LogP contribution is 2.10. The van der Waals surface area contributed by atoms with E-state index in [0.717, 1.165) is 18.7 Å². The Morgan fingerprint density at radius 3 is 2.92 bits per heavy atom. The molecular formula is C8H15N3O. The summed E-state index contributed by atoms with van der Waals surface area (Å²) in [6.45, 7) is 3.43. The van der Waals surface area contributed by atoms with Crippen molar-refractivity contribution in [2.75, 3.05) is 13.7 Å². The predicted octanol–water partition coefficient (Wildman–Crippen LogP) is 0.413. The number of hydrogen-bond acceptors (Lipinski definition) is 3. The molecule has 1 heterocycles. The molecule has 1 rings (SSSR count). The van der Waals surface area contributed by atoms with Crippen LogP contribution in [0.15, 0.2) is 6.20 Å². The molecule has 0 radical (unpaired) electrons. The predicted molar refractivity (Wildman–Crippen MR) is 47.2 cm³/mol. The molecule has 0 aromatic carbocycles. The minimum Gasteiger partial charge on any atom is -0.468 e. The zero-order valence-electron chi connectivity index (χ0n) is 7.58. The van der Waals surface area contributed by atoms with Crippen molar-refractivity contribution < 1.29 is 4.74 Å². The molecule has 1 aromatic heterocycles. The second-order valence-electron chi connectivity index (χ2n) is 2.55. The zero-order valence-corrected chi connectivity index (χ0v) is 7.58. The van der Waals surface area contributed by atoms with Gasteiger partial charge in [0.1, 0.15) is 0 Å². The second-order valence-corrected chi connectivity index (χ2v) is 2.55. The lowest BCUT2D eigenvalue weighted by atomic mass is 10.4.